The van der Waals surface area contributed by atoms with E-state index in [9.17, 15) is 16.8 Å². The lowest BCUT2D eigenvalue weighted by atomic mass is 9.78. The Hall–Kier alpha value is -4.81. The lowest BCUT2D eigenvalue weighted by molar-refractivity contribution is 0.0963. The van der Waals surface area contributed by atoms with E-state index in [1.54, 1.807) is 19.1 Å². The van der Waals surface area contributed by atoms with Crippen LogP contribution in [0, 0.1) is 6.92 Å². The number of ether oxygens (including phenoxy) is 1. The van der Waals surface area contributed by atoms with E-state index in [2.05, 4.69) is 137 Å². The molecule has 1 aliphatic heterocycles. The van der Waals surface area contributed by atoms with Crippen LogP contribution in [-0.2, 0) is 40.0 Å². The predicted octanol–water partition coefficient (Wildman–Crippen LogP) is 13.3. The van der Waals surface area contributed by atoms with E-state index in [0.717, 1.165) is 70.6 Å². The van der Waals surface area contributed by atoms with Gasteiger partial charge in [-0.1, -0.05) is 155 Å². The molecular formula is C55H62ClNO7S2. The molecule has 1 N–H and O–H groups in total. The molecule has 66 heavy (non-hydrogen) atoms. The Balaban J connectivity index is 0.000000517. The number of halogens is 1. The molecule has 5 aromatic rings. The molecule has 8 nitrogen and oxygen atoms in total. The van der Waals surface area contributed by atoms with Crippen LogP contribution in [0.5, 0.6) is 0 Å². The SMILES string of the molecule is CCCC1=C(/C=C/C2=C(Cl)C(=C/C=C3/N(CCS(=O)(=O)OC(C)COC)c4ccc5ccccc5c4C3(C)C)/CCC2)C(C)(C)c2c1ccc1ccccc21.Cc1ccc(S(=O)(=O)O)cc1. The molecule has 11 heteroatoms. The van der Waals surface area contributed by atoms with E-state index in [0.29, 0.717) is 0 Å². The van der Waals surface area contributed by atoms with Crippen molar-refractivity contribution in [2.45, 2.75) is 102 Å². The summed E-state index contributed by atoms with van der Waals surface area (Å²) in [5.41, 5.74) is 11.5. The van der Waals surface area contributed by atoms with Crippen molar-refractivity contribution in [1.82, 2.24) is 0 Å². The van der Waals surface area contributed by atoms with Crippen molar-refractivity contribution in [2.24, 2.45) is 0 Å². The molecule has 348 valence electrons. The maximum absolute atomic E-state index is 13.2. The Morgan fingerprint density at radius 3 is 2.08 bits per heavy atom. The summed E-state index contributed by atoms with van der Waals surface area (Å²) in [7, 11) is -6.29. The van der Waals surface area contributed by atoms with Gasteiger partial charge in [0.1, 0.15) is 0 Å². The van der Waals surface area contributed by atoms with Crippen LogP contribution < -0.4 is 4.90 Å². The van der Waals surface area contributed by atoms with Crippen LogP contribution in [0.1, 0.15) is 95.9 Å². The molecule has 3 aliphatic rings. The molecule has 0 saturated heterocycles. The second-order valence-corrected chi connectivity index (χ2v) is 22.1. The second kappa shape index (κ2) is 19.8. The zero-order valence-electron chi connectivity index (χ0n) is 39.3. The summed E-state index contributed by atoms with van der Waals surface area (Å²) in [4.78, 5) is 2.09. The first-order valence-corrected chi connectivity index (χ1v) is 26.2. The molecule has 1 atom stereocenters. The molecule has 0 fully saturated rings. The van der Waals surface area contributed by atoms with Crippen LogP contribution in [0.2, 0.25) is 0 Å². The summed E-state index contributed by atoms with van der Waals surface area (Å²) < 4.78 is 66.4. The van der Waals surface area contributed by atoms with Crippen molar-refractivity contribution in [3.63, 3.8) is 0 Å². The molecule has 0 aromatic heterocycles. The molecule has 1 unspecified atom stereocenters. The Morgan fingerprint density at radius 1 is 0.803 bits per heavy atom. The minimum atomic E-state index is -4.02. The maximum atomic E-state index is 13.2. The Morgan fingerprint density at radius 2 is 1.44 bits per heavy atom. The van der Waals surface area contributed by atoms with Gasteiger partial charge in [-0.25, -0.2) is 0 Å². The summed E-state index contributed by atoms with van der Waals surface area (Å²) >= 11 is 7.32. The lowest BCUT2D eigenvalue weighted by Crippen LogP contribution is -2.32. The van der Waals surface area contributed by atoms with Crippen molar-refractivity contribution in [3.05, 3.63) is 171 Å². The first-order valence-electron chi connectivity index (χ1n) is 22.8. The molecule has 0 amide bonds. The van der Waals surface area contributed by atoms with E-state index in [4.69, 9.17) is 25.1 Å². The first-order chi connectivity index (χ1) is 31.3. The fourth-order valence-electron chi connectivity index (χ4n) is 10.0. The standard InChI is InChI=1S/C48H54ClNO4S.C7H8O3S/c1-8-14-39-40-25-21-33-15-9-11-19-37(33)44(40)47(3,4)41(39)26-22-35-17-13-18-36(46(35)49)24-28-43-48(5,6)45-38-20-12-10-16-34(38)23-27-42(45)50(43)29-30-55(51,52)54-32(2)31-53-7;1-6-2-4-7(5-3-6)11(8,9)10/h9-12,15-16,19-28,32H,8,13-14,17-18,29-31H2,1-7H3;2-5H,1H3,(H,8,9,10)/b26-22+,36-24+,43-28+;. The molecule has 8 rings (SSSR count). The van der Waals surface area contributed by atoms with E-state index in [1.807, 2.05) is 6.92 Å². The van der Waals surface area contributed by atoms with Gasteiger partial charge in [0, 0.05) is 40.9 Å². The summed E-state index contributed by atoms with van der Waals surface area (Å²) in [5, 5.41) is 5.75. The van der Waals surface area contributed by atoms with E-state index >= 15 is 0 Å². The van der Waals surface area contributed by atoms with Crippen molar-refractivity contribution in [3.8, 4) is 0 Å². The number of methoxy groups -OCH3 is 1. The lowest BCUT2D eigenvalue weighted by Gasteiger charge is -2.27. The summed E-state index contributed by atoms with van der Waals surface area (Å²) in [5.74, 6) is -0.154. The molecule has 2 aliphatic carbocycles. The number of rotatable bonds is 13. The molecule has 0 spiro atoms. The molecule has 1 heterocycles. The van der Waals surface area contributed by atoms with Crippen LogP contribution in [0.4, 0.5) is 5.69 Å². The number of aryl methyl sites for hydroxylation is 1. The minimum absolute atomic E-state index is 0.0666. The molecule has 0 saturated carbocycles. The van der Waals surface area contributed by atoms with Crippen LogP contribution in [0.15, 0.2) is 154 Å². The Bertz CT molecular complexity index is 3030. The summed E-state index contributed by atoms with van der Waals surface area (Å²) in [6.07, 6.45) is 13.3. The fraction of sp³-hybridized carbons (Fsp3) is 0.345. The first kappa shape index (κ1) is 49.1. The summed E-state index contributed by atoms with van der Waals surface area (Å²) in [6.45, 7) is 15.5. The van der Waals surface area contributed by atoms with E-state index in [1.165, 1.54) is 63.2 Å². The number of fused-ring (bicyclic) bond motifs is 6. The van der Waals surface area contributed by atoms with Gasteiger partial charge >= 0.3 is 0 Å². The van der Waals surface area contributed by atoms with Crippen LogP contribution in [0.3, 0.4) is 0 Å². The fourth-order valence-corrected chi connectivity index (χ4v) is 11.9. The molecule has 5 aromatic carbocycles. The average molecular weight is 949 g/mol. The van der Waals surface area contributed by atoms with Gasteiger partial charge in [-0.2, -0.15) is 16.8 Å². The van der Waals surface area contributed by atoms with Crippen LogP contribution in [0.25, 0.3) is 27.1 Å². The zero-order chi connectivity index (χ0) is 47.6. The third-order valence-corrected chi connectivity index (χ3v) is 15.7. The zero-order valence-corrected chi connectivity index (χ0v) is 41.7. The highest BCUT2D eigenvalue weighted by Crippen LogP contribution is 2.52. The number of hydrogen-bond acceptors (Lipinski definition) is 7. The van der Waals surface area contributed by atoms with Crippen LogP contribution in [-0.4, -0.2) is 53.5 Å². The summed E-state index contributed by atoms with van der Waals surface area (Å²) in [6, 6.07) is 32.0. The molecule has 0 radical (unpaired) electrons. The average Bonchev–Trinajstić information content (AvgIpc) is 3.63. The minimum Gasteiger partial charge on any atom is -0.382 e. The van der Waals surface area contributed by atoms with E-state index < -0.39 is 31.8 Å². The highest BCUT2D eigenvalue weighted by atomic mass is 35.5. The molecular weight excluding hydrogens is 886 g/mol. The molecule has 0 bridgehead atoms. The van der Waals surface area contributed by atoms with Gasteiger partial charge < -0.3 is 9.64 Å². The normalized spacial score (nSPS) is 18.7. The third kappa shape index (κ3) is 10.2. The number of allylic oxidation sites excluding steroid dienone is 10. The number of nitrogens with zero attached hydrogens (tertiary/aromatic N) is 1. The van der Waals surface area contributed by atoms with E-state index in [-0.39, 0.29) is 29.2 Å². The van der Waals surface area contributed by atoms with Gasteiger partial charge in [0.2, 0.25) is 0 Å². The van der Waals surface area contributed by atoms with Gasteiger partial charge in [-0.15, -0.1) is 0 Å². The predicted molar refractivity (Wildman–Crippen MR) is 272 cm³/mol. The highest BCUT2D eigenvalue weighted by molar-refractivity contribution is 7.86. The smallest absolute Gasteiger partial charge is 0.294 e. The second-order valence-electron chi connectivity index (χ2n) is 18.6. The topological polar surface area (TPSA) is 110 Å². The third-order valence-electron chi connectivity index (χ3n) is 13.1. The maximum Gasteiger partial charge on any atom is 0.294 e. The highest BCUT2D eigenvalue weighted by Gasteiger charge is 2.42. The Kier molecular flexibility index (Phi) is 14.7. The van der Waals surface area contributed by atoms with Crippen molar-refractivity contribution < 1.29 is 30.3 Å². The largest absolute Gasteiger partial charge is 0.382 e. The number of hydrogen-bond donors (Lipinski definition) is 1. The van der Waals surface area contributed by atoms with Crippen LogP contribution >= 0.6 is 11.6 Å². The van der Waals surface area contributed by atoms with Gasteiger partial charge in [0.15, 0.2) is 0 Å². The van der Waals surface area contributed by atoms with Gasteiger partial charge in [-0.05, 0) is 124 Å². The van der Waals surface area contributed by atoms with Crippen molar-refractivity contribution >= 4 is 64.6 Å². The van der Waals surface area contributed by atoms with Gasteiger partial charge in [0.25, 0.3) is 20.2 Å². The quantitative estimate of drug-likeness (QED) is 0.0918. The van der Waals surface area contributed by atoms with Crippen molar-refractivity contribution in [2.75, 3.05) is 30.9 Å². The van der Waals surface area contributed by atoms with Gasteiger partial charge in [-0.3, -0.25) is 8.74 Å². The van der Waals surface area contributed by atoms with Gasteiger partial charge in [0.05, 0.1) is 23.4 Å². The number of anilines is 1. The monoisotopic (exact) mass is 947 g/mol. The van der Waals surface area contributed by atoms with Crippen molar-refractivity contribution in [1.29, 1.82) is 0 Å². The Labute approximate surface area is 397 Å². The number of benzene rings is 5.